The number of hydrogen-bond donors (Lipinski definition) is 2. The average Bonchev–Trinajstić information content (AvgIpc) is 3.24. The van der Waals surface area contributed by atoms with Crippen LogP contribution < -0.4 is 5.32 Å². The first-order valence-electron chi connectivity index (χ1n) is 6.94. The molecule has 1 aliphatic rings. The summed E-state index contributed by atoms with van der Waals surface area (Å²) in [5.41, 5.74) is -1.12. The van der Waals surface area contributed by atoms with E-state index in [1.165, 1.54) is 18.2 Å². The molecule has 0 aliphatic heterocycles. The first-order chi connectivity index (χ1) is 10.9. The van der Waals surface area contributed by atoms with Gasteiger partial charge in [0, 0.05) is 5.92 Å². The summed E-state index contributed by atoms with van der Waals surface area (Å²) in [6.45, 7) is 0. The molecular formula is C14H13F3N4OS. The molecule has 0 saturated heterocycles. The molecule has 1 fully saturated rings. The van der Waals surface area contributed by atoms with Gasteiger partial charge in [-0.25, -0.2) is 4.98 Å². The second-order valence-electron chi connectivity index (χ2n) is 5.16. The molecule has 122 valence electrons. The lowest BCUT2D eigenvalue weighted by Crippen LogP contribution is -2.18. The van der Waals surface area contributed by atoms with Crippen molar-refractivity contribution >= 4 is 23.4 Å². The van der Waals surface area contributed by atoms with Crippen molar-refractivity contribution in [2.75, 3.05) is 11.1 Å². The van der Waals surface area contributed by atoms with Crippen LogP contribution in [0.25, 0.3) is 0 Å². The number of carbonyl (C=O) groups is 1. The molecule has 1 aromatic carbocycles. The Hall–Kier alpha value is -2.03. The van der Waals surface area contributed by atoms with E-state index in [0.29, 0.717) is 11.1 Å². The van der Waals surface area contributed by atoms with Crippen LogP contribution in [0.2, 0.25) is 0 Å². The second kappa shape index (κ2) is 6.23. The molecule has 2 aromatic rings. The summed E-state index contributed by atoms with van der Waals surface area (Å²) in [5.74, 6) is 0.623. The molecule has 0 atom stereocenters. The van der Waals surface area contributed by atoms with Crippen LogP contribution in [0.15, 0.2) is 29.4 Å². The normalized spacial score (nSPS) is 14.7. The van der Waals surface area contributed by atoms with E-state index in [4.69, 9.17) is 0 Å². The molecule has 1 aliphatic carbocycles. The molecule has 1 amide bonds. The van der Waals surface area contributed by atoms with Gasteiger partial charge in [0.2, 0.25) is 11.1 Å². The molecule has 9 heteroatoms. The number of nitrogens with one attached hydrogen (secondary N) is 2. The van der Waals surface area contributed by atoms with Crippen LogP contribution in [-0.4, -0.2) is 26.8 Å². The Labute approximate surface area is 134 Å². The molecule has 0 spiro atoms. The minimum Gasteiger partial charge on any atom is -0.325 e. The van der Waals surface area contributed by atoms with Gasteiger partial charge in [0.25, 0.3) is 0 Å². The largest absolute Gasteiger partial charge is 0.418 e. The van der Waals surface area contributed by atoms with E-state index in [2.05, 4.69) is 20.5 Å². The zero-order chi connectivity index (χ0) is 16.4. The minimum atomic E-state index is -4.51. The summed E-state index contributed by atoms with van der Waals surface area (Å²) < 4.78 is 38.6. The van der Waals surface area contributed by atoms with Gasteiger partial charge in [-0.2, -0.15) is 13.2 Å². The molecule has 1 aromatic heterocycles. The maximum Gasteiger partial charge on any atom is 0.418 e. The predicted octanol–water partition coefficient (Wildman–Crippen LogP) is 3.43. The van der Waals surface area contributed by atoms with E-state index in [-0.39, 0.29) is 11.4 Å². The van der Waals surface area contributed by atoms with Crippen molar-refractivity contribution < 1.29 is 18.0 Å². The van der Waals surface area contributed by atoms with E-state index in [0.717, 1.165) is 36.5 Å². The average molecular weight is 342 g/mol. The number of amides is 1. The number of alkyl halides is 3. The van der Waals surface area contributed by atoms with Crippen LogP contribution in [0.1, 0.15) is 30.1 Å². The quantitative estimate of drug-likeness (QED) is 0.817. The van der Waals surface area contributed by atoms with Crippen LogP contribution in [0.3, 0.4) is 0 Å². The number of anilines is 1. The number of para-hydroxylation sites is 1. The van der Waals surface area contributed by atoms with Gasteiger partial charge in [-0.3, -0.25) is 9.89 Å². The van der Waals surface area contributed by atoms with Crippen LogP contribution in [-0.2, 0) is 11.0 Å². The maximum absolute atomic E-state index is 12.9. The first-order valence-corrected chi connectivity index (χ1v) is 7.93. The number of nitrogens with zero attached hydrogens (tertiary/aromatic N) is 2. The van der Waals surface area contributed by atoms with Gasteiger partial charge in [-0.1, -0.05) is 23.9 Å². The van der Waals surface area contributed by atoms with Crippen molar-refractivity contribution in [2.45, 2.75) is 30.1 Å². The van der Waals surface area contributed by atoms with E-state index in [1.54, 1.807) is 0 Å². The Bertz CT molecular complexity index is 712. The lowest BCUT2D eigenvalue weighted by molar-refractivity contribution is -0.137. The van der Waals surface area contributed by atoms with Gasteiger partial charge in [-0.05, 0) is 25.0 Å². The van der Waals surface area contributed by atoms with E-state index >= 15 is 0 Å². The van der Waals surface area contributed by atoms with E-state index < -0.39 is 17.6 Å². The fourth-order valence-electron chi connectivity index (χ4n) is 2.02. The number of halogens is 3. The van der Waals surface area contributed by atoms with Gasteiger partial charge >= 0.3 is 6.18 Å². The Kier molecular flexibility index (Phi) is 4.29. The first kappa shape index (κ1) is 15.9. The minimum absolute atomic E-state index is 0.0614. The molecule has 1 saturated carbocycles. The molecule has 0 radical (unpaired) electrons. The third-order valence-corrected chi connectivity index (χ3v) is 4.13. The highest BCUT2D eigenvalue weighted by atomic mass is 32.2. The number of hydrogen-bond acceptors (Lipinski definition) is 4. The van der Waals surface area contributed by atoms with Crippen molar-refractivity contribution in [3.8, 4) is 0 Å². The van der Waals surface area contributed by atoms with Crippen LogP contribution in [0.4, 0.5) is 18.9 Å². The molecule has 1 heterocycles. The van der Waals surface area contributed by atoms with Gasteiger partial charge in [0.1, 0.15) is 5.82 Å². The van der Waals surface area contributed by atoms with Crippen molar-refractivity contribution in [2.24, 2.45) is 0 Å². The fraction of sp³-hybridized carbons (Fsp3) is 0.357. The van der Waals surface area contributed by atoms with Gasteiger partial charge < -0.3 is 5.32 Å². The molecule has 23 heavy (non-hydrogen) atoms. The molecule has 5 nitrogen and oxygen atoms in total. The number of benzene rings is 1. The number of aromatic amines is 1. The number of H-pyrrole nitrogens is 1. The van der Waals surface area contributed by atoms with Crippen molar-refractivity contribution in [1.82, 2.24) is 15.2 Å². The topological polar surface area (TPSA) is 70.7 Å². The number of rotatable bonds is 5. The zero-order valence-corrected chi connectivity index (χ0v) is 12.7. The maximum atomic E-state index is 12.9. The predicted molar refractivity (Wildman–Crippen MR) is 79.2 cm³/mol. The summed E-state index contributed by atoms with van der Waals surface area (Å²) in [4.78, 5) is 16.1. The summed E-state index contributed by atoms with van der Waals surface area (Å²) in [5, 5.41) is 9.49. The highest BCUT2D eigenvalue weighted by Gasteiger charge is 2.33. The van der Waals surface area contributed by atoms with Crippen LogP contribution in [0, 0.1) is 0 Å². The third kappa shape index (κ3) is 4.04. The Morgan fingerprint density at radius 1 is 1.35 bits per heavy atom. The Morgan fingerprint density at radius 2 is 2.09 bits per heavy atom. The molecular weight excluding hydrogens is 329 g/mol. The SMILES string of the molecule is O=C(CSc1n[nH]c(C2CC2)n1)Nc1ccccc1C(F)(F)F. The summed E-state index contributed by atoms with van der Waals surface area (Å²) in [6.07, 6.45) is -2.36. The highest BCUT2D eigenvalue weighted by molar-refractivity contribution is 7.99. The summed E-state index contributed by atoms with van der Waals surface area (Å²) in [7, 11) is 0. The van der Waals surface area contributed by atoms with Gasteiger partial charge in [0.15, 0.2) is 0 Å². The smallest absolute Gasteiger partial charge is 0.325 e. The fourth-order valence-corrected chi connectivity index (χ4v) is 2.62. The monoisotopic (exact) mass is 342 g/mol. The molecule has 0 unspecified atom stereocenters. The lowest BCUT2D eigenvalue weighted by Gasteiger charge is -2.13. The molecule has 0 bridgehead atoms. The Balaban J connectivity index is 1.59. The zero-order valence-electron chi connectivity index (χ0n) is 11.9. The van der Waals surface area contributed by atoms with E-state index in [1.807, 2.05) is 0 Å². The van der Waals surface area contributed by atoms with Crippen LogP contribution >= 0.6 is 11.8 Å². The number of aromatic nitrogens is 3. The summed E-state index contributed by atoms with van der Waals surface area (Å²) >= 11 is 1.08. The Morgan fingerprint density at radius 3 is 2.78 bits per heavy atom. The molecule has 2 N–H and O–H groups in total. The van der Waals surface area contributed by atoms with Crippen molar-refractivity contribution in [3.05, 3.63) is 35.7 Å². The van der Waals surface area contributed by atoms with Gasteiger partial charge in [-0.15, -0.1) is 5.10 Å². The van der Waals surface area contributed by atoms with Crippen molar-refractivity contribution in [1.29, 1.82) is 0 Å². The molecule has 3 rings (SSSR count). The second-order valence-corrected chi connectivity index (χ2v) is 6.10. The standard InChI is InChI=1S/C14H13F3N4OS/c15-14(16,17)9-3-1-2-4-10(9)18-11(22)7-23-13-19-12(20-21-13)8-5-6-8/h1-4,8H,5-7H2,(H,18,22)(H,19,20,21). The number of thioether (sulfide) groups is 1. The third-order valence-electron chi connectivity index (χ3n) is 3.29. The summed E-state index contributed by atoms with van der Waals surface area (Å²) in [6, 6.07) is 4.87. The lowest BCUT2D eigenvalue weighted by atomic mass is 10.1. The highest BCUT2D eigenvalue weighted by Crippen LogP contribution is 2.38. The van der Waals surface area contributed by atoms with Gasteiger partial charge in [0.05, 0.1) is 17.0 Å². The van der Waals surface area contributed by atoms with E-state index in [9.17, 15) is 18.0 Å². The van der Waals surface area contributed by atoms with Crippen molar-refractivity contribution in [3.63, 3.8) is 0 Å². The number of carbonyl (C=O) groups excluding carboxylic acids is 1. The van der Waals surface area contributed by atoms with Crippen LogP contribution in [0.5, 0.6) is 0 Å².